The minimum atomic E-state index is -0.352. The van der Waals surface area contributed by atoms with Crippen molar-refractivity contribution in [3.8, 4) is 0 Å². The fourth-order valence-electron chi connectivity index (χ4n) is 3.18. The van der Waals surface area contributed by atoms with Gasteiger partial charge in [-0.2, -0.15) is 5.10 Å². The lowest BCUT2D eigenvalue weighted by Gasteiger charge is -2.15. The zero-order valence-corrected chi connectivity index (χ0v) is 16.1. The van der Waals surface area contributed by atoms with Gasteiger partial charge in [-0.05, 0) is 18.4 Å². The number of hydrogen-bond acceptors (Lipinski definition) is 5. The molecule has 1 aliphatic heterocycles. The van der Waals surface area contributed by atoms with Crippen LogP contribution in [0.2, 0.25) is 0 Å². The number of aryl methyl sites for hydroxylation is 1. The van der Waals surface area contributed by atoms with E-state index in [1.807, 2.05) is 48.7 Å². The van der Waals surface area contributed by atoms with Crippen LogP contribution in [-0.2, 0) is 20.5 Å². The smallest absolute Gasteiger partial charge is 0.300 e. The van der Waals surface area contributed by atoms with Gasteiger partial charge in [-0.3, -0.25) is 13.9 Å². The van der Waals surface area contributed by atoms with Gasteiger partial charge < -0.3 is 0 Å². The highest BCUT2D eigenvalue weighted by atomic mass is 32.1. The molecular weight excluding hydrogens is 360 g/mol. The van der Waals surface area contributed by atoms with Gasteiger partial charge in [-0.1, -0.05) is 35.9 Å². The summed E-state index contributed by atoms with van der Waals surface area (Å²) in [5.74, 6) is 0. The fraction of sp³-hybridized carbons (Fsp3) is 0.200. The first kappa shape index (κ1) is 17.4. The number of nitrogens with zero attached hydrogens (tertiary/aromatic N) is 4. The van der Waals surface area contributed by atoms with Gasteiger partial charge in [0.1, 0.15) is 5.71 Å². The molecule has 0 amide bonds. The van der Waals surface area contributed by atoms with Crippen LogP contribution in [0.3, 0.4) is 0 Å². The summed E-state index contributed by atoms with van der Waals surface area (Å²) < 4.78 is 2.65. The first-order valence-corrected chi connectivity index (χ1v) is 9.40. The predicted molar refractivity (Wildman–Crippen MR) is 108 cm³/mol. The molecule has 4 rings (SSSR count). The molecule has 0 N–H and O–H groups in total. The average molecular weight is 378 g/mol. The van der Waals surface area contributed by atoms with Gasteiger partial charge in [-0.25, -0.2) is 4.79 Å². The maximum absolute atomic E-state index is 13.0. The summed E-state index contributed by atoms with van der Waals surface area (Å²) in [7, 11) is 3.17. The normalized spacial score (nSPS) is 13.6. The van der Waals surface area contributed by atoms with Crippen molar-refractivity contribution in [3.05, 3.63) is 89.9 Å². The van der Waals surface area contributed by atoms with Crippen LogP contribution < -0.4 is 11.2 Å². The minimum absolute atomic E-state index is 0.352. The van der Waals surface area contributed by atoms with E-state index in [1.165, 1.54) is 11.6 Å². The Labute approximate surface area is 159 Å². The van der Waals surface area contributed by atoms with Gasteiger partial charge in [0, 0.05) is 31.8 Å². The third kappa shape index (κ3) is 2.90. The number of benzene rings is 1. The van der Waals surface area contributed by atoms with Crippen molar-refractivity contribution in [1.29, 1.82) is 0 Å². The van der Waals surface area contributed by atoms with E-state index in [2.05, 4.69) is 10.2 Å². The summed E-state index contributed by atoms with van der Waals surface area (Å²) in [5.41, 5.74) is 3.51. The molecule has 0 fully saturated rings. The Hall–Kier alpha value is -3.06. The number of hydrogen-bond donors (Lipinski definition) is 0. The maximum atomic E-state index is 13.0. The zero-order valence-electron chi connectivity index (χ0n) is 15.3. The van der Waals surface area contributed by atoms with Gasteiger partial charge in [0.05, 0.1) is 16.2 Å². The third-order valence-corrected chi connectivity index (χ3v) is 5.68. The van der Waals surface area contributed by atoms with Crippen LogP contribution in [0.15, 0.2) is 61.6 Å². The quantitative estimate of drug-likeness (QED) is 0.686. The molecule has 7 heteroatoms. The van der Waals surface area contributed by atoms with Crippen molar-refractivity contribution in [2.24, 2.45) is 24.3 Å². The molecule has 136 valence electrons. The predicted octanol–water partition coefficient (Wildman–Crippen LogP) is 2.25. The molecule has 1 aromatic carbocycles. The van der Waals surface area contributed by atoms with Crippen LogP contribution in [0.4, 0.5) is 0 Å². The monoisotopic (exact) mass is 378 g/mol. The largest absolute Gasteiger partial charge is 0.330 e. The highest BCUT2D eigenvalue weighted by molar-refractivity contribution is 7.12. The van der Waals surface area contributed by atoms with Crippen LogP contribution in [-0.4, -0.2) is 20.6 Å². The first-order chi connectivity index (χ1) is 13.0. The second kappa shape index (κ2) is 6.59. The zero-order chi connectivity index (χ0) is 19.1. The molecule has 0 radical (unpaired) electrons. The van der Waals surface area contributed by atoms with Crippen LogP contribution in [0.1, 0.15) is 27.3 Å². The fourth-order valence-corrected chi connectivity index (χ4v) is 3.89. The van der Waals surface area contributed by atoms with Gasteiger partial charge in [-0.15, -0.1) is 16.4 Å². The Balaban J connectivity index is 2.04. The standard InChI is InChI=1S/C20H18N4O2S/c1-12-6-8-13(9-7-12)18-17-15(23(2)20(26)24(3)19(17)25)11-14(21-22-18)16-5-4-10-27-16/h4-10H,11H2,1-3H3. The Morgan fingerprint density at radius 3 is 2.41 bits per heavy atom. The molecule has 0 saturated carbocycles. The van der Waals surface area contributed by atoms with Crippen molar-refractivity contribution in [3.63, 3.8) is 0 Å². The van der Waals surface area contributed by atoms with E-state index in [9.17, 15) is 9.59 Å². The van der Waals surface area contributed by atoms with E-state index in [1.54, 1.807) is 18.4 Å². The van der Waals surface area contributed by atoms with Crippen LogP contribution in [0, 0.1) is 6.92 Å². The number of aromatic nitrogens is 2. The number of fused-ring (bicyclic) bond motifs is 1. The summed E-state index contributed by atoms with van der Waals surface area (Å²) in [5, 5.41) is 10.9. The molecule has 3 aromatic rings. The summed E-state index contributed by atoms with van der Waals surface area (Å²) in [6.07, 6.45) is 0.372. The van der Waals surface area contributed by atoms with Crippen LogP contribution >= 0.6 is 11.3 Å². The van der Waals surface area contributed by atoms with Crippen molar-refractivity contribution in [1.82, 2.24) is 9.13 Å². The van der Waals surface area contributed by atoms with Crippen molar-refractivity contribution in [2.75, 3.05) is 0 Å². The molecule has 2 aromatic heterocycles. The molecule has 27 heavy (non-hydrogen) atoms. The number of thiophene rings is 1. The van der Waals surface area contributed by atoms with Crippen molar-refractivity contribution >= 4 is 22.8 Å². The Kier molecular flexibility index (Phi) is 4.24. The summed E-state index contributed by atoms with van der Waals surface area (Å²) >= 11 is 1.56. The van der Waals surface area contributed by atoms with Gasteiger partial charge in [0.2, 0.25) is 0 Å². The lowest BCUT2D eigenvalue weighted by Crippen LogP contribution is -2.42. The molecule has 0 spiro atoms. The van der Waals surface area contributed by atoms with E-state index >= 15 is 0 Å². The highest BCUT2D eigenvalue weighted by Gasteiger charge is 2.25. The average Bonchev–Trinajstić information content (AvgIpc) is 3.13. The van der Waals surface area contributed by atoms with Gasteiger partial charge >= 0.3 is 5.69 Å². The Bertz CT molecular complexity index is 1200. The lowest BCUT2D eigenvalue weighted by atomic mass is 9.98. The van der Waals surface area contributed by atoms with E-state index in [0.29, 0.717) is 23.4 Å². The molecule has 0 bridgehead atoms. The Morgan fingerprint density at radius 2 is 1.74 bits per heavy atom. The van der Waals surface area contributed by atoms with Crippen LogP contribution in [0.5, 0.6) is 0 Å². The summed E-state index contributed by atoms with van der Waals surface area (Å²) in [6.45, 7) is 2.00. The Morgan fingerprint density at radius 1 is 1.00 bits per heavy atom. The maximum Gasteiger partial charge on any atom is 0.330 e. The SMILES string of the molecule is Cc1ccc(C2=NN=C(c3cccs3)Cc3c2c(=O)n(C)c(=O)n3C)cc1. The first-order valence-electron chi connectivity index (χ1n) is 8.52. The molecule has 0 atom stereocenters. The summed E-state index contributed by atoms with van der Waals surface area (Å²) in [4.78, 5) is 26.5. The van der Waals surface area contributed by atoms with E-state index in [0.717, 1.165) is 26.3 Å². The summed E-state index contributed by atoms with van der Waals surface area (Å²) in [6, 6.07) is 11.7. The molecular formula is C20H18N4O2S. The molecule has 0 saturated heterocycles. The molecule has 0 unspecified atom stereocenters. The van der Waals surface area contributed by atoms with Gasteiger partial charge in [0.25, 0.3) is 5.56 Å². The number of rotatable bonds is 2. The van der Waals surface area contributed by atoms with E-state index in [4.69, 9.17) is 0 Å². The molecule has 6 nitrogen and oxygen atoms in total. The molecule has 3 heterocycles. The van der Waals surface area contributed by atoms with E-state index in [-0.39, 0.29) is 11.2 Å². The van der Waals surface area contributed by atoms with Gasteiger partial charge in [0.15, 0.2) is 0 Å². The lowest BCUT2D eigenvalue weighted by molar-refractivity contribution is 0.660. The van der Waals surface area contributed by atoms with Crippen molar-refractivity contribution < 1.29 is 0 Å². The second-order valence-corrected chi connectivity index (χ2v) is 7.49. The highest BCUT2D eigenvalue weighted by Crippen LogP contribution is 2.20. The van der Waals surface area contributed by atoms with E-state index < -0.39 is 0 Å². The molecule has 0 aliphatic carbocycles. The third-order valence-electron chi connectivity index (χ3n) is 4.76. The minimum Gasteiger partial charge on any atom is -0.300 e. The van der Waals surface area contributed by atoms with Crippen LogP contribution in [0.25, 0.3) is 0 Å². The molecule has 1 aliphatic rings. The van der Waals surface area contributed by atoms with Crippen molar-refractivity contribution in [2.45, 2.75) is 13.3 Å². The topological polar surface area (TPSA) is 68.7 Å². The second-order valence-electron chi connectivity index (χ2n) is 6.54.